The Kier molecular flexibility index (Phi) is 4.62. The minimum atomic E-state index is -1.17. The Labute approximate surface area is 86.2 Å². The third kappa shape index (κ3) is 2.47. The monoisotopic (exact) mass is 223 g/mol. The zero-order valence-corrected chi connectivity index (χ0v) is 7.96. The second kappa shape index (κ2) is 4.99. The van der Waals surface area contributed by atoms with Crippen LogP contribution in [0.2, 0.25) is 0 Å². The summed E-state index contributed by atoms with van der Waals surface area (Å²) in [6.07, 6.45) is -1.17. The Morgan fingerprint density at radius 1 is 1.29 bits per heavy atom. The second-order valence-corrected chi connectivity index (χ2v) is 2.61. The molecule has 1 unspecified atom stereocenters. The van der Waals surface area contributed by atoms with Gasteiger partial charge >= 0.3 is 0 Å². The normalized spacial score (nSPS) is 11.9. The van der Waals surface area contributed by atoms with Gasteiger partial charge in [-0.25, -0.2) is 4.39 Å². The maximum atomic E-state index is 13.0. The van der Waals surface area contributed by atoms with Gasteiger partial charge in [0.05, 0.1) is 6.10 Å². The molecule has 0 radical (unpaired) electrons. The molecule has 0 bridgehead atoms. The van der Waals surface area contributed by atoms with Crippen molar-refractivity contribution < 1.29 is 19.7 Å². The number of rotatable bonds is 2. The van der Waals surface area contributed by atoms with E-state index in [-0.39, 0.29) is 24.5 Å². The highest BCUT2D eigenvalue weighted by atomic mass is 35.5. The molecule has 0 saturated heterocycles. The second-order valence-electron chi connectivity index (χ2n) is 2.61. The molecule has 1 aromatic carbocycles. The number of aliphatic hydroxyl groups excluding tert-OH is 1. The summed E-state index contributed by atoms with van der Waals surface area (Å²) < 4.78 is 13.0. The Morgan fingerprint density at radius 2 is 1.79 bits per heavy atom. The van der Waals surface area contributed by atoms with Crippen LogP contribution in [0.4, 0.5) is 4.39 Å². The van der Waals surface area contributed by atoms with Crippen molar-refractivity contribution in [3.8, 4) is 11.5 Å². The predicted molar refractivity (Wildman–Crippen MR) is 51.0 cm³/mol. The highest BCUT2D eigenvalue weighted by Crippen LogP contribution is 2.30. The minimum Gasteiger partial charge on any atom is -0.504 e. The van der Waals surface area contributed by atoms with Crippen molar-refractivity contribution in [3.05, 3.63) is 23.5 Å². The van der Waals surface area contributed by atoms with Gasteiger partial charge in [-0.2, -0.15) is 0 Å². The third-order valence-corrected chi connectivity index (χ3v) is 1.68. The molecule has 0 spiro atoms. The summed E-state index contributed by atoms with van der Waals surface area (Å²) in [7, 11) is 0. The summed E-state index contributed by atoms with van der Waals surface area (Å²) in [4.78, 5) is 0. The molecular formula is C8H11ClFNO3. The number of hydrogen-bond acceptors (Lipinski definition) is 4. The van der Waals surface area contributed by atoms with Crippen LogP contribution in [-0.4, -0.2) is 21.9 Å². The van der Waals surface area contributed by atoms with Crippen LogP contribution in [0.15, 0.2) is 12.1 Å². The van der Waals surface area contributed by atoms with Gasteiger partial charge in [-0.3, -0.25) is 0 Å². The van der Waals surface area contributed by atoms with E-state index in [1.165, 1.54) is 0 Å². The Bertz CT molecular complexity index is 322. The van der Waals surface area contributed by atoms with Crippen LogP contribution in [0.25, 0.3) is 0 Å². The van der Waals surface area contributed by atoms with Crippen molar-refractivity contribution in [2.24, 2.45) is 5.73 Å². The number of halogens is 2. The molecule has 0 aliphatic heterocycles. The van der Waals surface area contributed by atoms with Crippen LogP contribution < -0.4 is 5.73 Å². The SMILES string of the molecule is Cl.NCC(O)c1cc(O)c(O)cc1F. The van der Waals surface area contributed by atoms with E-state index >= 15 is 0 Å². The fourth-order valence-electron chi connectivity index (χ4n) is 0.950. The first-order valence-electron chi connectivity index (χ1n) is 3.65. The molecule has 0 aromatic heterocycles. The fraction of sp³-hybridized carbons (Fsp3) is 0.250. The smallest absolute Gasteiger partial charge is 0.160 e. The molecule has 4 nitrogen and oxygen atoms in total. The number of phenols is 2. The number of benzene rings is 1. The standard InChI is InChI=1S/C8H10FNO3.ClH/c9-5-2-7(12)6(11)1-4(5)8(13)3-10;/h1-2,8,11-13H,3,10H2;1H. The summed E-state index contributed by atoms with van der Waals surface area (Å²) in [5, 5.41) is 27.0. The fourth-order valence-corrected chi connectivity index (χ4v) is 0.950. The molecule has 1 rings (SSSR count). The largest absolute Gasteiger partial charge is 0.504 e. The average molecular weight is 224 g/mol. The van der Waals surface area contributed by atoms with E-state index in [0.29, 0.717) is 0 Å². The van der Waals surface area contributed by atoms with Crippen LogP contribution in [0.1, 0.15) is 11.7 Å². The Balaban J connectivity index is 0.00000169. The Morgan fingerprint density at radius 3 is 2.29 bits per heavy atom. The van der Waals surface area contributed by atoms with Crippen molar-refractivity contribution in [1.29, 1.82) is 0 Å². The predicted octanol–water partition coefficient (Wildman–Crippen LogP) is 0.651. The van der Waals surface area contributed by atoms with Gasteiger partial charge in [0.25, 0.3) is 0 Å². The lowest BCUT2D eigenvalue weighted by molar-refractivity contribution is 0.181. The molecule has 14 heavy (non-hydrogen) atoms. The zero-order valence-electron chi connectivity index (χ0n) is 7.14. The molecule has 0 aliphatic carbocycles. The van der Waals surface area contributed by atoms with E-state index in [9.17, 15) is 4.39 Å². The van der Waals surface area contributed by atoms with E-state index in [1.807, 2.05) is 0 Å². The number of phenolic OH excluding ortho intramolecular Hbond substituents is 2. The van der Waals surface area contributed by atoms with Crippen LogP contribution in [0.3, 0.4) is 0 Å². The lowest BCUT2D eigenvalue weighted by atomic mass is 10.1. The molecule has 0 aliphatic rings. The van der Waals surface area contributed by atoms with Crippen molar-refractivity contribution >= 4 is 12.4 Å². The average Bonchev–Trinajstić information content (AvgIpc) is 2.10. The Hall–Kier alpha value is -1.04. The number of nitrogens with two attached hydrogens (primary N) is 1. The van der Waals surface area contributed by atoms with E-state index in [4.69, 9.17) is 21.1 Å². The van der Waals surface area contributed by atoms with Gasteiger partial charge in [0.2, 0.25) is 0 Å². The van der Waals surface area contributed by atoms with E-state index < -0.39 is 23.4 Å². The van der Waals surface area contributed by atoms with Gasteiger partial charge in [-0.05, 0) is 6.07 Å². The maximum absolute atomic E-state index is 13.0. The van der Waals surface area contributed by atoms with Crippen LogP contribution >= 0.6 is 12.4 Å². The molecule has 1 atom stereocenters. The lowest BCUT2D eigenvalue weighted by Gasteiger charge is -2.10. The van der Waals surface area contributed by atoms with E-state index in [0.717, 1.165) is 12.1 Å². The van der Waals surface area contributed by atoms with Gasteiger partial charge in [0, 0.05) is 18.2 Å². The quantitative estimate of drug-likeness (QED) is 0.555. The topological polar surface area (TPSA) is 86.7 Å². The van der Waals surface area contributed by atoms with Crippen LogP contribution in [0, 0.1) is 5.82 Å². The van der Waals surface area contributed by atoms with Gasteiger partial charge in [-0.15, -0.1) is 12.4 Å². The minimum absolute atomic E-state index is 0. The summed E-state index contributed by atoms with van der Waals surface area (Å²) in [5.74, 6) is -1.84. The highest BCUT2D eigenvalue weighted by Gasteiger charge is 2.14. The lowest BCUT2D eigenvalue weighted by Crippen LogP contribution is -2.12. The highest BCUT2D eigenvalue weighted by molar-refractivity contribution is 5.85. The van der Waals surface area contributed by atoms with Crippen molar-refractivity contribution in [2.45, 2.75) is 6.10 Å². The molecule has 5 N–H and O–H groups in total. The molecule has 0 heterocycles. The number of hydrogen-bond donors (Lipinski definition) is 4. The van der Waals surface area contributed by atoms with Crippen molar-refractivity contribution in [2.75, 3.05) is 6.54 Å². The maximum Gasteiger partial charge on any atom is 0.160 e. The number of aliphatic hydroxyl groups is 1. The van der Waals surface area contributed by atoms with Crippen molar-refractivity contribution in [3.63, 3.8) is 0 Å². The molecule has 0 fully saturated rings. The first kappa shape index (κ1) is 13.0. The van der Waals surface area contributed by atoms with Crippen LogP contribution in [0.5, 0.6) is 11.5 Å². The van der Waals surface area contributed by atoms with Gasteiger partial charge in [-0.1, -0.05) is 0 Å². The van der Waals surface area contributed by atoms with Gasteiger partial charge < -0.3 is 21.1 Å². The van der Waals surface area contributed by atoms with E-state index in [1.54, 1.807) is 0 Å². The molecule has 0 amide bonds. The molecule has 80 valence electrons. The van der Waals surface area contributed by atoms with Crippen LogP contribution in [-0.2, 0) is 0 Å². The summed E-state index contributed by atoms with van der Waals surface area (Å²) >= 11 is 0. The van der Waals surface area contributed by atoms with E-state index in [2.05, 4.69) is 0 Å². The zero-order chi connectivity index (χ0) is 10.0. The van der Waals surface area contributed by atoms with Crippen molar-refractivity contribution in [1.82, 2.24) is 0 Å². The molecule has 1 aromatic rings. The molecule has 6 heteroatoms. The summed E-state index contributed by atoms with van der Waals surface area (Å²) in [6, 6.07) is 1.67. The first-order chi connectivity index (χ1) is 6.06. The summed E-state index contributed by atoms with van der Waals surface area (Å²) in [5.41, 5.74) is 4.97. The van der Waals surface area contributed by atoms with Gasteiger partial charge in [0.15, 0.2) is 11.5 Å². The molecular weight excluding hydrogens is 213 g/mol. The molecule has 0 saturated carbocycles. The van der Waals surface area contributed by atoms with Gasteiger partial charge in [0.1, 0.15) is 5.82 Å². The first-order valence-corrected chi connectivity index (χ1v) is 3.65. The summed E-state index contributed by atoms with van der Waals surface area (Å²) in [6.45, 7) is -0.152. The third-order valence-electron chi connectivity index (χ3n) is 1.68. The number of aromatic hydroxyl groups is 2.